The lowest BCUT2D eigenvalue weighted by Gasteiger charge is -2.15. The topological polar surface area (TPSA) is 152 Å². The Morgan fingerprint density at radius 1 is 0.857 bits per heavy atom. The third-order valence-electron chi connectivity index (χ3n) is 4.05. The third kappa shape index (κ3) is 16.9. The molecule has 0 amide bonds. The average molecular weight is 555 g/mol. The second-order valence-corrected chi connectivity index (χ2v) is 11.0. The molecule has 3 atom stereocenters. The van der Waals surface area contributed by atoms with Gasteiger partial charge in [-0.1, -0.05) is 27.7 Å². The molecular weight excluding hydrogens is 520 g/mol. The van der Waals surface area contributed by atoms with Crippen LogP contribution >= 0.6 is 33.3 Å². The predicted octanol–water partition coefficient (Wildman–Crippen LogP) is 1.13. The van der Waals surface area contributed by atoms with Gasteiger partial charge in [-0.05, 0) is 12.1 Å². The summed E-state index contributed by atoms with van der Waals surface area (Å²) in [6.45, 7) is -0.541. The summed E-state index contributed by atoms with van der Waals surface area (Å²) in [4.78, 5) is 22.8. The Balaban J connectivity index is 2.18. The fourth-order valence-corrected chi connectivity index (χ4v) is 5.08. The van der Waals surface area contributed by atoms with Crippen LogP contribution in [0.4, 0.5) is 0 Å². The number of carbonyl (C=O) groups is 2. The van der Waals surface area contributed by atoms with E-state index in [4.69, 9.17) is 19.3 Å². The Labute approximate surface area is 217 Å². The molecule has 0 fully saturated rings. The fraction of sp³-hybridized carbons (Fsp3) is 0.636. The van der Waals surface area contributed by atoms with Crippen LogP contribution in [0.25, 0.3) is 0 Å². The number of esters is 2. The summed E-state index contributed by atoms with van der Waals surface area (Å²) < 4.78 is 20.7. The van der Waals surface area contributed by atoms with Gasteiger partial charge in [0.15, 0.2) is 0 Å². The van der Waals surface area contributed by atoms with E-state index in [2.05, 4.69) is 4.74 Å². The number of aliphatic hydroxyl groups is 4. The number of benzene rings is 1. The van der Waals surface area contributed by atoms with Crippen molar-refractivity contribution in [2.24, 2.45) is 0 Å². The molecule has 200 valence electrons. The fourth-order valence-electron chi connectivity index (χ4n) is 2.26. The van der Waals surface area contributed by atoms with Crippen molar-refractivity contribution in [2.75, 3.05) is 56.5 Å². The van der Waals surface area contributed by atoms with Crippen LogP contribution in [0, 0.1) is 0 Å². The molecular formula is C22H34O10S3. The molecule has 0 saturated carbocycles. The van der Waals surface area contributed by atoms with Crippen molar-refractivity contribution in [3.63, 3.8) is 0 Å². The summed E-state index contributed by atoms with van der Waals surface area (Å²) in [6.07, 6.45) is -2.05. The van der Waals surface area contributed by atoms with Gasteiger partial charge >= 0.3 is 11.9 Å². The van der Waals surface area contributed by atoms with E-state index in [1.54, 1.807) is 24.3 Å². The van der Waals surface area contributed by atoms with E-state index in [1.165, 1.54) is 40.5 Å². The largest absolute Gasteiger partial charge is 0.491 e. The molecule has 4 N–H and O–H groups in total. The van der Waals surface area contributed by atoms with Crippen LogP contribution in [-0.4, -0.2) is 107 Å². The van der Waals surface area contributed by atoms with Gasteiger partial charge in [0.2, 0.25) is 0 Å². The van der Waals surface area contributed by atoms with Crippen LogP contribution in [0.3, 0.4) is 0 Å². The number of hydrogen-bond acceptors (Lipinski definition) is 13. The Morgan fingerprint density at radius 2 is 1.43 bits per heavy atom. The molecule has 0 aliphatic carbocycles. The summed E-state index contributed by atoms with van der Waals surface area (Å²) in [5.41, 5.74) is 0. The summed E-state index contributed by atoms with van der Waals surface area (Å²) in [5, 5.41) is 38.0. The zero-order chi connectivity index (χ0) is 25.9. The number of ether oxygens (including phenoxy) is 4. The number of aliphatic hydroxyl groups excluding tert-OH is 4. The molecule has 1 aromatic carbocycles. The lowest BCUT2D eigenvalue weighted by molar-refractivity contribution is -0.146. The van der Waals surface area contributed by atoms with Gasteiger partial charge < -0.3 is 39.4 Å². The normalized spacial score (nSPS) is 13.5. The molecule has 3 unspecified atom stereocenters. The molecule has 0 aliphatic rings. The van der Waals surface area contributed by atoms with Gasteiger partial charge in [-0.15, -0.1) is 0 Å². The van der Waals surface area contributed by atoms with Crippen molar-refractivity contribution in [2.45, 2.75) is 31.2 Å². The Morgan fingerprint density at radius 3 is 2.03 bits per heavy atom. The first-order valence-electron chi connectivity index (χ1n) is 10.9. The Hall–Kier alpha value is -1.35. The minimum absolute atomic E-state index is 0.0479. The van der Waals surface area contributed by atoms with Crippen LogP contribution < -0.4 is 9.47 Å². The van der Waals surface area contributed by atoms with E-state index in [9.17, 15) is 24.9 Å². The monoisotopic (exact) mass is 554 g/mol. The van der Waals surface area contributed by atoms with Gasteiger partial charge in [0.25, 0.3) is 0 Å². The van der Waals surface area contributed by atoms with Crippen molar-refractivity contribution in [1.82, 2.24) is 0 Å². The summed E-state index contributed by atoms with van der Waals surface area (Å²) in [6, 6.07) is 6.70. The maximum atomic E-state index is 11.8. The number of carbonyl (C=O) groups excluding carboxylic acids is 2. The van der Waals surface area contributed by atoms with Gasteiger partial charge in [-0.2, -0.15) is 11.8 Å². The van der Waals surface area contributed by atoms with Crippen LogP contribution in [0.5, 0.6) is 11.5 Å². The molecule has 0 radical (unpaired) electrons. The maximum Gasteiger partial charge on any atom is 0.306 e. The lowest BCUT2D eigenvalue weighted by Crippen LogP contribution is -2.25. The first-order chi connectivity index (χ1) is 16.8. The van der Waals surface area contributed by atoms with E-state index in [1.807, 2.05) is 0 Å². The molecule has 1 rings (SSSR count). The van der Waals surface area contributed by atoms with Gasteiger partial charge in [-0.25, -0.2) is 0 Å². The Bertz CT molecular complexity index is 724. The summed E-state index contributed by atoms with van der Waals surface area (Å²) in [7, 11) is 4.28. The molecule has 0 spiro atoms. The number of thioether (sulfide) groups is 1. The standard InChI is InChI=1S/C22H34O10S3/c1-29-21(27)5-7-34-35-8-6-22(28)32-12-17(25)11-30-19-3-2-4-20(9-19)31-13-18(26)15-33-14-16(24)10-23/h2-4,9,16-18,23-26H,5-8,10-15H2,1H3. The van der Waals surface area contributed by atoms with Gasteiger partial charge in [-0.3, -0.25) is 9.59 Å². The highest BCUT2D eigenvalue weighted by molar-refractivity contribution is 8.76. The van der Waals surface area contributed by atoms with Crippen molar-refractivity contribution in [1.29, 1.82) is 0 Å². The summed E-state index contributed by atoms with van der Waals surface area (Å²) in [5.74, 6) is 2.04. The second kappa shape index (κ2) is 19.8. The van der Waals surface area contributed by atoms with E-state index in [0.717, 1.165) is 0 Å². The molecule has 13 heteroatoms. The zero-order valence-electron chi connectivity index (χ0n) is 19.6. The van der Waals surface area contributed by atoms with Crippen molar-refractivity contribution in [3.8, 4) is 11.5 Å². The van der Waals surface area contributed by atoms with Gasteiger partial charge in [0.1, 0.15) is 37.4 Å². The number of methoxy groups -OCH3 is 1. The molecule has 0 heterocycles. The Kier molecular flexibility index (Phi) is 17.9. The highest BCUT2D eigenvalue weighted by Gasteiger charge is 2.12. The van der Waals surface area contributed by atoms with Crippen LogP contribution in [0.2, 0.25) is 0 Å². The highest BCUT2D eigenvalue weighted by atomic mass is 33.1. The first kappa shape index (κ1) is 31.7. The molecule has 1 aromatic rings. The smallest absolute Gasteiger partial charge is 0.306 e. The number of rotatable bonds is 20. The molecule has 0 bridgehead atoms. The van der Waals surface area contributed by atoms with E-state index < -0.39 is 24.3 Å². The molecule has 0 saturated heterocycles. The molecule has 35 heavy (non-hydrogen) atoms. The van der Waals surface area contributed by atoms with Crippen LogP contribution in [0.1, 0.15) is 12.8 Å². The second-order valence-electron chi connectivity index (χ2n) is 7.18. The van der Waals surface area contributed by atoms with Gasteiger partial charge in [0, 0.05) is 29.1 Å². The van der Waals surface area contributed by atoms with Crippen molar-refractivity contribution >= 4 is 45.3 Å². The lowest BCUT2D eigenvalue weighted by atomic mass is 10.3. The van der Waals surface area contributed by atoms with Crippen molar-refractivity contribution in [3.05, 3.63) is 24.3 Å². The van der Waals surface area contributed by atoms with E-state index in [0.29, 0.717) is 40.9 Å². The first-order valence-corrected chi connectivity index (χ1v) is 14.5. The van der Waals surface area contributed by atoms with Crippen LogP contribution in [0.15, 0.2) is 24.3 Å². The SMILES string of the molecule is COC(=O)CCSSCCC(=O)OCC(O)COc1cccc(OCC(O)CSCC(O)CO)c1. The van der Waals surface area contributed by atoms with E-state index in [-0.39, 0.29) is 38.8 Å². The minimum atomic E-state index is -1.00. The predicted molar refractivity (Wildman–Crippen MR) is 137 cm³/mol. The average Bonchev–Trinajstić information content (AvgIpc) is 2.86. The van der Waals surface area contributed by atoms with Gasteiger partial charge in [0.05, 0.1) is 38.8 Å². The zero-order valence-corrected chi connectivity index (χ0v) is 22.0. The highest BCUT2D eigenvalue weighted by Crippen LogP contribution is 2.23. The summed E-state index contributed by atoms with van der Waals surface area (Å²) >= 11 is 1.31. The number of hydrogen-bond donors (Lipinski definition) is 4. The van der Waals surface area contributed by atoms with Crippen molar-refractivity contribution < 1.29 is 49.0 Å². The quantitative estimate of drug-likeness (QED) is 0.104. The molecule has 0 aromatic heterocycles. The molecule has 10 nitrogen and oxygen atoms in total. The molecule has 0 aliphatic heterocycles. The maximum absolute atomic E-state index is 11.8. The van der Waals surface area contributed by atoms with Crippen LogP contribution in [-0.2, 0) is 19.1 Å². The minimum Gasteiger partial charge on any atom is -0.491 e. The van der Waals surface area contributed by atoms with E-state index >= 15 is 0 Å². The third-order valence-corrected chi connectivity index (χ3v) is 7.70.